The molecule has 1 aromatic heterocycles. The smallest absolute Gasteiger partial charge is 0.148 e. The van der Waals surface area contributed by atoms with E-state index in [9.17, 15) is 0 Å². The summed E-state index contributed by atoms with van der Waals surface area (Å²) in [6.07, 6.45) is 5.86. The Balaban J connectivity index is 1.54. The lowest BCUT2D eigenvalue weighted by atomic mass is 9.94. The van der Waals surface area contributed by atoms with Gasteiger partial charge in [0.1, 0.15) is 11.4 Å². The first-order valence-electron chi connectivity index (χ1n) is 9.99. The van der Waals surface area contributed by atoms with Gasteiger partial charge < -0.3 is 14.2 Å². The SMILES string of the molecule is CN(CCCOC(C)(c1ccccc1)c1nccn1C)CCc1ccccc1. The van der Waals surface area contributed by atoms with E-state index in [-0.39, 0.29) is 0 Å². The number of hydrogen-bond acceptors (Lipinski definition) is 3. The van der Waals surface area contributed by atoms with Crippen LogP contribution in [-0.4, -0.2) is 41.2 Å². The van der Waals surface area contributed by atoms with Crippen molar-refractivity contribution in [3.05, 3.63) is 90.0 Å². The summed E-state index contributed by atoms with van der Waals surface area (Å²) >= 11 is 0. The molecule has 0 aliphatic heterocycles. The van der Waals surface area contributed by atoms with Gasteiger partial charge in [-0.1, -0.05) is 60.7 Å². The van der Waals surface area contributed by atoms with Crippen LogP contribution in [0.4, 0.5) is 0 Å². The molecular formula is C24H31N3O. The normalized spacial score (nSPS) is 13.6. The van der Waals surface area contributed by atoms with Gasteiger partial charge in [-0.25, -0.2) is 4.98 Å². The van der Waals surface area contributed by atoms with E-state index in [1.165, 1.54) is 5.56 Å². The van der Waals surface area contributed by atoms with Crippen LogP contribution in [0.2, 0.25) is 0 Å². The van der Waals surface area contributed by atoms with E-state index in [2.05, 4.69) is 78.5 Å². The Morgan fingerprint density at radius 1 is 1.00 bits per heavy atom. The number of ether oxygens (including phenoxy) is 1. The fraction of sp³-hybridized carbons (Fsp3) is 0.375. The van der Waals surface area contributed by atoms with Gasteiger partial charge in [0.05, 0.1) is 0 Å². The van der Waals surface area contributed by atoms with Crippen molar-refractivity contribution in [3.8, 4) is 0 Å². The van der Waals surface area contributed by atoms with E-state index in [0.717, 1.165) is 37.3 Å². The van der Waals surface area contributed by atoms with Crippen molar-refractivity contribution < 1.29 is 4.74 Å². The van der Waals surface area contributed by atoms with Gasteiger partial charge in [-0.3, -0.25) is 0 Å². The fourth-order valence-corrected chi connectivity index (χ4v) is 3.55. The van der Waals surface area contributed by atoms with Crippen molar-refractivity contribution in [1.82, 2.24) is 14.5 Å². The molecule has 0 spiro atoms. The standard InChI is InChI=1S/C24H31N3O/c1-24(22-13-8-5-9-14-22,23-25-16-19-27(23)3)28-20-10-17-26(2)18-15-21-11-6-4-7-12-21/h4-9,11-14,16,19H,10,15,17-18,20H2,1-3H3. The van der Waals surface area contributed by atoms with Crippen LogP contribution >= 0.6 is 0 Å². The van der Waals surface area contributed by atoms with Crippen molar-refractivity contribution >= 4 is 0 Å². The molecule has 1 heterocycles. The van der Waals surface area contributed by atoms with Gasteiger partial charge in [0, 0.05) is 39.1 Å². The highest BCUT2D eigenvalue weighted by molar-refractivity contribution is 5.29. The Kier molecular flexibility index (Phi) is 7.01. The van der Waals surface area contributed by atoms with Crippen LogP contribution in [0.15, 0.2) is 73.1 Å². The molecule has 0 aliphatic carbocycles. The van der Waals surface area contributed by atoms with Crippen LogP contribution in [-0.2, 0) is 23.8 Å². The molecule has 2 aromatic carbocycles. The molecule has 0 radical (unpaired) electrons. The third-order valence-electron chi connectivity index (χ3n) is 5.27. The van der Waals surface area contributed by atoms with Gasteiger partial charge in [0.15, 0.2) is 0 Å². The van der Waals surface area contributed by atoms with E-state index >= 15 is 0 Å². The molecule has 0 saturated heterocycles. The number of imidazole rings is 1. The summed E-state index contributed by atoms with van der Waals surface area (Å²) in [6.45, 7) is 4.87. The molecule has 0 amide bonds. The molecule has 28 heavy (non-hydrogen) atoms. The Bertz CT molecular complexity index is 831. The van der Waals surface area contributed by atoms with Crippen LogP contribution in [0.1, 0.15) is 30.3 Å². The monoisotopic (exact) mass is 377 g/mol. The first-order chi connectivity index (χ1) is 13.6. The third-order valence-corrected chi connectivity index (χ3v) is 5.27. The van der Waals surface area contributed by atoms with Crippen molar-refractivity contribution in [2.45, 2.75) is 25.4 Å². The van der Waals surface area contributed by atoms with Crippen LogP contribution in [0.3, 0.4) is 0 Å². The van der Waals surface area contributed by atoms with E-state index in [0.29, 0.717) is 6.61 Å². The molecule has 1 unspecified atom stereocenters. The minimum Gasteiger partial charge on any atom is -0.363 e. The van der Waals surface area contributed by atoms with Crippen molar-refractivity contribution in [2.24, 2.45) is 7.05 Å². The second kappa shape index (κ2) is 9.67. The number of nitrogens with zero attached hydrogens (tertiary/aromatic N) is 3. The van der Waals surface area contributed by atoms with Gasteiger partial charge in [-0.2, -0.15) is 0 Å². The largest absolute Gasteiger partial charge is 0.363 e. The summed E-state index contributed by atoms with van der Waals surface area (Å²) in [4.78, 5) is 6.94. The van der Waals surface area contributed by atoms with Gasteiger partial charge in [-0.15, -0.1) is 0 Å². The third kappa shape index (κ3) is 5.09. The molecule has 4 nitrogen and oxygen atoms in total. The maximum atomic E-state index is 6.44. The number of aryl methyl sites for hydroxylation is 1. The molecule has 0 fully saturated rings. The van der Waals surface area contributed by atoms with E-state index in [1.807, 2.05) is 30.1 Å². The van der Waals surface area contributed by atoms with Crippen molar-refractivity contribution in [1.29, 1.82) is 0 Å². The summed E-state index contributed by atoms with van der Waals surface area (Å²) in [5.41, 5.74) is 1.96. The molecule has 0 aliphatic rings. The summed E-state index contributed by atoms with van der Waals surface area (Å²) in [6, 6.07) is 21.0. The van der Waals surface area contributed by atoms with Crippen LogP contribution in [0, 0.1) is 0 Å². The first-order valence-corrected chi connectivity index (χ1v) is 9.99. The summed E-state index contributed by atoms with van der Waals surface area (Å²) in [5.74, 6) is 0.927. The average Bonchev–Trinajstić information content (AvgIpc) is 3.17. The van der Waals surface area contributed by atoms with Gasteiger partial charge in [0.2, 0.25) is 0 Å². The molecule has 0 N–H and O–H groups in total. The Morgan fingerprint density at radius 2 is 1.68 bits per heavy atom. The average molecular weight is 378 g/mol. The Morgan fingerprint density at radius 3 is 2.32 bits per heavy atom. The highest BCUT2D eigenvalue weighted by Crippen LogP contribution is 2.32. The summed E-state index contributed by atoms with van der Waals surface area (Å²) in [7, 11) is 4.20. The Labute approximate surface area is 168 Å². The van der Waals surface area contributed by atoms with E-state index < -0.39 is 5.60 Å². The number of aromatic nitrogens is 2. The highest BCUT2D eigenvalue weighted by atomic mass is 16.5. The van der Waals surface area contributed by atoms with Crippen molar-refractivity contribution in [2.75, 3.05) is 26.7 Å². The summed E-state index contributed by atoms with van der Waals surface area (Å²) < 4.78 is 8.48. The topological polar surface area (TPSA) is 30.3 Å². The van der Waals surface area contributed by atoms with Crippen LogP contribution in [0.5, 0.6) is 0 Å². The zero-order chi connectivity index (χ0) is 19.8. The zero-order valence-electron chi connectivity index (χ0n) is 17.2. The molecule has 0 saturated carbocycles. The second-order valence-electron chi connectivity index (χ2n) is 7.50. The number of rotatable bonds is 10. The zero-order valence-corrected chi connectivity index (χ0v) is 17.2. The number of likely N-dealkylation sites (N-methyl/N-ethyl adjacent to an activating group) is 1. The lowest BCUT2D eigenvalue weighted by molar-refractivity contribution is -0.0156. The minimum absolute atomic E-state index is 0.553. The first kappa shape index (κ1) is 20.3. The Hall–Kier alpha value is -2.43. The molecule has 3 aromatic rings. The maximum absolute atomic E-state index is 6.44. The maximum Gasteiger partial charge on any atom is 0.148 e. The fourth-order valence-electron chi connectivity index (χ4n) is 3.55. The predicted octanol–water partition coefficient (Wildman–Crippen LogP) is 4.26. The lowest BCUT2D eigenvalue weighted by Gasteiger charge is -2.30. The second-order valence-corrected chi connectivity index (χ2v) is 7.50. The highest BCUT2D eigenvalue weighted by Gasteiger charge is 2.33. The van der Waals surface area contributed by atoms with Crippen molar-refractivity contribution in [3.63, 3.8) is 0 Å². The molecule has 3 rings (SSSR count). The van der Waals surface area contributed by atoms with Gasteiger partial charge in [-0.05, 0) is 37.9 Å². The lowest BCUT2D eigenvalue weighted by Crippen LogP contribution is -2.32. The molecule has 1 atom stereocenters. The van der Waals surface area contributed by atoms with Gasteiger partial charge in [0.25, 0.3) is 0 Å². The predicted molar refractivity (Wildman–Crippen MR) is 114 cm³/mol. The van der Waals surface area contributed by atoms with E-state index in [4.69, 9.17) is 4.74 Å². The molecule has 0 bridgehead atoms. The van der Waals surface area contributed by atoms with Gasteiger partial charge >= 0.3 is 0 Å². The number of hydrogen-bond donors (Lipinski definition) is 0. The van der Waals surface area contributed by atoms with Crippen LogP contribution < -0.4 is 0 Å². The summed E-state index contributed by atoms with van der Waals surface area (Å²) in [5, 5.41) is 0. The van der Waals surface area contributed by atoms with E-state index in [1.54, 1.807) is 0 Å². The van der Waals surface area contributed by atoms with Crippen LogP contribution in [0.25, 0.3) is 0 Å². The minimum atomic E-state index is -0.553. The molecular weight excluding hydrogens is 346 g/mol. The number of benzene rings is 2. The molecule has 148 valence electrons. The quantitative estimate of drug-likeness (QED) is 0.495. The molecule has 4 heteroatoms.